The van der Waals surface area contributed by atoms with Gasteiger partial charge in [0.25, 0.3) is 5.91 Å². The number of thioether (sulfide) groups is 1. The summed E-state index contributed by atoms with van der Waals surface area (Å²) in [6.07, 6.45) is 2.03. The number of carbonyl (C=O) groups is 2. The first-order chi connectivity index (χ1) is 11.6. The van der Waals surface area contributed by atoms with Crippen molar-refractivity contribution in [1.29, 1.82) is 0 Å². The molecule has 2 aliphatic heterocycles. The van der Waals surface area contributed by atoms with E-state index in [1.165, 1.54) is 23.3 Å². The molecule has 0 radical (unpaired) electrons. The van der Waals surface area contributed by atoms with Gasteiger partial charge in [0.1, 0.15) is 17.6 Å². The van der Waals surface area contributed by atoms with E-state index in [4.69, 9.17) is 4.42 Å². The van der Waals surface area contributed by atoms with Crippen molar-refractivity contribution in [3.05, 3.63) is 42.0 Å². The van der Waals surface area contributed by atoms with Crippen molar-refractivity contribution in [2.75, 3.05) is 11.5 Å². The lowest BCUT2D eigenvalue weighted by molar-refractivity contribution is -0.130. The molecule has 1 aromatic carbocycles. The van der Waals surface area contributed by atoms with E-state index >= 15 is 0 Å². The molecule has 2 saturated heterocycles. The van der Waals surface area contributed by atoms with Gasteiger partial charge in [-0.3, -0.25) is 9.69 Å². The number of imide groups is 1. The molecule has 1 atom stereocenters. The molecule has 4 rings (SSSR count). The van der Waals surface area contributed by atoms with Crippen LogP contribution < -0.4 is 5.32 Å². The lowest BCUT2D eigenvalue weighted by Crippen LogP contribution is -2.46. The van der Waals surface area contributed by atoms with Crippen LogP contribution >= 0.6 is 11.8 Å². The summed E-state index contributed by atoms with van der Waals surface area (Å²) in [5.41, 5.74) is 0.180. The third-order valence-corrected chi connectivity index (χ3v) is 5.40. The van der Waals surface area contributed by atoms with Gasteiger partial charge in [-0.1, -0.05) is 6.07 Å². The van der Waals surface area contributed by atoms with E-state index in [1.807, 2.05) is 0 Å². The van der Waals surface area contributed by atoms with Gasteiger partial charge in [0.15, 0.2) is 0 Å². The molecule has 2 aromatic rings. The monoisotopic (exact) mass is 347 g/mol. The number of oxazole rings is 1. The van der Waals surface area contributed by atoms with Crippen LogP contribution in [0.5, 0.6) is 0 Å². The Morgan fingerprint density at radius 2 is 2.29 bits per heavy atom. The summed E-state index contributed by atoms with van der Waals surface area (Å²) in [4.78, 5) is 30.2. The summed E-state index contributed by atoms with van der Waals surface area (Å²) < 4.78 is 18.6. The lowest BCUT2D eigenvalue weighted by atomic mass is 9.99. The van der Waals surface area contributed by atoms with E-state index in [-0.39, 0.29) is 24.2 Å². The largest absolute Gasteiger partial charge is 0.444 e. The second kappa shape index (κ2) is 5.62. The molecule has 2 fully saturated rings. The SMILES string of the molecule is O=C1N[C@]2(CCSC2)C(=O)N1Cc1coc(-c2cccc(F)c2)n1. The first kappa shape index (κ1) is 15.2. The first-order valence-corrected chi connectivity index (χ1v) is 8.65. The Balaban J connectivity index is 1.54. The van der Waals surface area contributed by atoms with Crippen molar-refractivity contribution in [3.8, 4) is 11.5 Å². The van der Waals surface area contributed by atoms with Crippen molar-refractivity contribution in [2.45, 2.75) is 18.5 Å². The van der Waals surface area contributed by atoms with Crippen LogP contribution in [-0.4, -0.2) is 38.9 Å². The highest BCUT2D eigenvalue weighted by atomic mass is 32.2. The molecular weight excluding hydrogens is 333 g/mol. The topological polar surface area (TPSA) is 75.4 Å². The van der Waals surface area contributed by atoms with Crippen molar-refractivity contribution in [3.63, 3.8) is 0 Å². The Kier molecular flexibility index (Phi) is 3.56. The van der Waals surface area contributed by atoms with E-state index < -0.39 is 11.6 Å². The number of amides is 3. The molecule has 0 unspecified atom stereocenters. The second-order valence-corrected chi connectivity index (χ2v) is 6.97. The highest BCUT2D eigenvalue weighted by Gasteiger charge is 2.52. The molecule has 3 heterocycles. The Bertz CT molecular complexity index is 816. The van der Waals surface area contributed by atoms with Crippen molar-refractivity contribution in [1.82, 2.24) is 15.2 Å². The normalized spacial score (nSPS) is 23.3. The first-order valence-electron chi connectivity index (χ1n) is 7.50. The molecule has 0 bridgehead atoms. The molecule has 0 aliphatic carbocycles. The number of urea groups is 1. The Morgan fingerprint density at radius 3 is 3.04 bits per heavy atom. The third-order valence-electron chi connectivity index (χ3n) is 4.21. The van der Waals surface area contributed by atoms with Crippen LogP contribution in [0.3, 0.4) is 0 Å². The fourth-order valence-corrected chi connectivity index (χ4v) is 4.27. The van der Waals surface area contributed by atoms with Crippen molar-refractivity contribution in [2.24, 2.45) is 0 Å². The maximum atomic E-state index is 13.3. The Hall–Kier alpha value is -2.35. The number of aromatic nitrogens is 1. The molecule has 24 heavy (non-hydrogen) atoms. The molecule has 6 nitrogen and oxygen atoms in total. The van der Waals surface area contributed by atoms with Crippen LogP contribution in [0.15, 0.2) is 34.9 Å². The molecule has 124 valence electrons. The highest BCUT2D eigenvalue weighted by Crippen LogP contribution is 2.34. The van der Waals surface area contributed by atoms with Crippen LogP contribution in [0, 0.1) is 5.82 Å². The van der Waals surface area contributed by atoms with Gasteiger partial charge in [-0.2, -0.15) is 11.8 Å². The number of benzene rings is 1. The van der Waals surface area contributed by atoms with E-state index in [9.17, 15) is 14.0 Å². The molecular formula is C16H14FN3O3S. The lowest BCUT2D eigenvalue weighted by Gasteiger charge is -2.18. The van der Waals surface area contributed by atoms with E-state index in [1.54, 1.807) is 23.9 Å². The van der Waals surface area contributed by atoms with Gasteiger partial charge in [0.2, 0.25) is 5.89 Å². The molecule has 0 saturated carbocycles. The zero-order valence-electron chi connectivity index (χ0n) is 12.6. The summed E-state index contributed by atoms with van der Waals surface area (Å²) in [5, 5.41) is 2.80. The van der Waals surface area contributed by atoms with Crippen molar-refractivity contribution < 1.29 is 18.4 Å². The summed E-state index contributed by atoms with van der Waals surface area (Å²) in [6, 6.07) is 5.48. The number of rotatable bonds is 3. The standard InChI is InChI=1S/C16H14FN3O3S/c17-11-3-1-2-10(6-11)13-18-12(8-23-13)7-20-14(21)16(19-15(20)22)4-5-24-9-16/h1-3,6,8H,4-5,7,9H2,(H,19,22)/t16-/m0/s1. The van der Waals surface area contributed by atoms with Gasteiger partial charge < -0.3 is 9.73 Å². The van der Waals surface area contributed by atoms with E-state index in [0.717, 1.165) is 5.75 Å². The van der Waals surface area contributed by atoms with Crippen LogP contribution in [0.4, 0.5) is 9.18 Å². The van der Waals surface area contributed by atoms with E-state index in [0.29, 0.717) is 23.4 Å². The van der Waals surface area contributed by atoms with Crippen LogP contribution in [0.1, 0.15) is 12.1 Å². The number of nitrogens with one attached hydrogen (secondary N) is 1. The van der Waals surface area contributed by atoms with Crippen LogP contribution in [-0.2, 0) is 11.3 Å². The highest BCUT2D eigenvalue weighted by molar-refractivity contribution is 7.99. The van der Waals surface area contributed by atoms with Gasteiger partial charge in [0.05, 0.1) is 12.2 Å². The predicted molar refractivity (Wildman–Crippen MR) is 85.7 cm³/mol. The number of halogens is 1. The minimum atomic E-state index is -0.767. The summed E-state index contributed by atoms with van der Waals surface area (Å²) in [6.45, 7) is 0.0376. The summed E-state index contributed by atoms with van der Waals surface area (Å²) >= 11 is 1.66. The molecule has 8 heteroatoms. The summed E-state index contributed by atoms with van der Waals surface area (Å²) in [7, 11) is 0. The number of carbonyl (C=O) groups excluding carboxylic acids is 2. The zero-order valence-corrected chi connectivity index (χ0v) is 13.4. The summed E-state index contributed by atoms with van der Waals surface area (Å²) in [5.74, 6) is 1.10. The van der Waals surface area contributed by atoms with Gasteiger partial charge in [-0.05, 0) is 30.4 Å². The van der Waals surface area contributed by atoms with Crippen LogP contribution in [0.25, 0.3) is 11.5 Å². The predicted octanol–water partition coefficient (Wildman–Crippen LogP) is 2.41. The minimum absolute atomic E-state index is 0.0376. The fourth-order valence-electron chi connectivity index (χ4n) is 2.95. The fraction of sp³-hybridized carbons (Fsp3) is 0.312. The zero-order chi connectivity index (χ0) is 16.7. The molecule has 2 aliphatic rings. The van der Waals surface area contributed by atoms with Crippen molar-refractivity contribution >= 4 is 23.7 Å². The smallest absolute Gasteiger partial charge is 0.325 e. The van der Waals surface area contributed by atoms with Gasteiger partial charge in [-0.15, -0.1) is 0 Å². The maximum Gasteiger partial charge on any atom is 0.325 e. The average Bonchev–Trinajstić information content (AvgIpc) is 3.26. The number of hydrogen-bond acceptors (Lipinski definition) is 5. The number of hydrogen-bond donors (Lipinski definition) is 1. The quantitative estimate of drug-likeness (QED) is 0.863. The van der Waals surface area contributed by atoms with E-state index in [2.05, 4.69) is 10.3 Å². The van der Waals surface area contributed by atoms with Gasteiger partial charge >= 0.3 is 6.03 Å². The molecule has 1 N–H and O–H groups in total. The Labute approximate surface area is 141 Å². The van der Waals surface area contributed by atoms with Gasteiger partial charge in [-0.25, -0.2) is 14.2 Å². The molecule has 1 spiro atoms. The minimum Gasteiger partial charge on any atom is -0.444 e. The molecule has 3 amide bonds. The third kappa shape index (κ3) is 2.47. The Morgan fingerprint density at radius 1 is 1.42 bits per heavy atom. The van der Waals surface area contributed by atoms with Gasteiger partial charge in [0, 0.05) is 11.3 Å². The average molecular weight is 347 g/mol. The number of nitrogens with zero attached hydrogens (tertiary/aromatic N) is 2. The molecule has 1 aromatic heterocycles. The second-order valence-electron chi connectivity index (χ2n) is 5.86. The maximum absolute atomic E-state index is 13.3. The van der Waals surface area contributed by atoms with Crippen LogP contribution in [0.2, 0.25) is 0 Å².